The fourth-order valence-corrected chi connectivity index (χ4v) is 1.34. The molecule has 1 aromatic heterocycles. The normalized spacial score (nSPS) is 14.4. The van der Waals surface area contributed by atoms with Crippen LogP contribution in [0.4, 0.5) is 4.39 Å². The van der Waals surface area contributed by atoms with Crippen molar-refractivity contribution in [1.82, 2.24) is 15.2 Å². The van der Waals surface area contributed by atoms with E-state index >= 15 is 0 Å². The topological polar surface area (TPSA) is 99.1 Å². The highest BCUT2D eigenvalue weighted by atomic mass is 31.2. The number of hydrogen-bond donors (Lipinski definition) is 3. The van der Waals surface area contributed by atoms with Crippen LogP contribution in [0.2, 0.25) is 0 Å². The zero-order valence-electron chi connectivity index (χ0n) is 6.59. The lowest BCUT2D eigenvalue weighted by atomic mass is 10.3. The lowest BCUT2D eigenvalue weighted by molar-refractivity contribution is 0.306. The van der Waals surface area contributed by atoms with Crippen molar-refractivity contribution >= 4 is 7.60 Å². The number of aromatic amines is 1. The molecule has 1 unspecified atom stereocenters. The minimum absolute atomic E-state index is 0.0755. The Kier molecular flexibility index (Phi) is 3.13. The number of alkyl halides is 1. The average Bonchev–Trinajstić information content (AvgIpc) is 2.50. The second kappa shape index (κ2) is 3.95. The number of nitrogens with zero attached hydrogens (tertiary/aromatic N) is 2. The molecule has 8 heteroatoms. The molecule has 1 aromatic rings. The molecule has 74 valence electrons. The highest BCUT2D eigenvalue weighted by Crippen LogP contribution is 2.37. The summed E-state index contributed by atoms with van der Waals surface area (Å²) < 4.78 is 23.4. The van der Waals surface area contributed by atoms with E-state index in [2.05, 4.69) is 15.2 Å². The maximum absolute atomic E-state index is 13.0. The van der Waals surface area contributed by atoms with Gasteiger partial charge in [0.05, 0.1) is 6.16 Å². The van der Waals surface area contributed by atoms with Gasteiger partial charge in [0.25, 0.3) is 0 Å². The van der Waals surface area contributed by atoms with Crippen LogP contribution in [0, 0.1) is 0 Å². The van der Waals surface area contributed by atoms with Crippen molar-refractivity contribution in [2.75, 3.05) is 6.16 Å². The van der Waals surface area contributed by atoms with Gasteiger partial charge >= 0.3 is 7.60 Å². The smallest absolute Gasteiger partial charge is 0.324 e. The molecule has 0 saturated heterocycles. The summed E-state index contributed by atoms with van der Waals surface area (Å²) in [7, 11) is -4.13. The number of rotatable bonds is 4. The summed E-state index contributed by atoms with van der Waals surface area (Å²) in [6.45, 7) is 0. The lowest BCUT2D eigenvalue weighted by Gasteiger charge is -2.04. The number of hydrogen-bond acceptors (Lipinski definition) is 3. The number of H-pyrrole nitrogens is 1. The molecule has 13 heavy (non-hydrogen) atoms. The van der Waals surface area contributed by atoms with Gasteiger partial charge in [0.2, 0.25) is 0 Å². The summed E-state index contributed by atoms with van der Waals surface area (Å²) in [4.78, 5) is 20.4. The maximum atomic E-state index is 13.0. The van der Waals surface area contributed by atoms with Gasteiger partial charge in [-0.15, -0.1) is 0 Å². The third-order valence-electron chi connectivity index (χ3n) is 1.39. The molecule has 0 aromatic carbocycles. The van der Waals surface area contributed by atoms with E-state index in [1.807, 2.05) is 0 Å². The molecule has 3 N–H and O–H groups in total. The van der Waals surface area contributed by atoms with E-state index in [0.29, 0.717) is 0 Å². The van der Waals surface area contributed by atoms with Crippen molar-refractivity contribution in [3.63, 3.8) is 0 Å². The number of nitrogens with one attached hydrogen (secondary N) is 1. The van der Waals surface area contributed by atoms with Gasteiger partial charge in [0.1, 0.15) is 6.33 Å². The molecule has 0 saturated carbocycles. The average molecular weight is 209 g/mol. The first-order valence-corrected chi connectivity index (χ1v) is 5.33. The summed E-state index contributed by atoms with van der Waals surface area (Å²) in [6, 6.07) is 0. The fourth-order valence-electron chi connectivity index (χ4n) is 0.780. The molecule has 0 bridgehead atoms. The molecule has 0 aliphatic heterocycles. The van der Waals surface area contributed by atoms with Gasteiger partial charge in [0.15, 0.2) is 12.0 Å². The third-order valence-corrected chi connectivity index (χ3v) is 2.23. The number of halogens is 1. The van der Waals surface area contributed by atoms with Crippen molar-refractivity contribution in [1.29, 1.82) is 0 Å². The zero-order chi connectivity index (χ0) is 9.90. The summed E-state index contributed by atoms with van der Waals surface area (Å²) in [6.07, 6.45) is -1.09. The van der Waals surface area contributed by atoms with Crippen molar-refractivity contribution in [2.24, 2.45) is 0 Å². The molecule has 1 heterocycles. The molecule has 0 spiro atoms. The van der Waals surface area contributed by atoms with Crippen molar-refractivity contribution in [2.45, 2.75) is 12.6 Å². The van der Waals surface area contributed by atoms with E-state index in [4.69, 9.17) is 9.79 Å². The summed E-state index contributed by atoms with van der Waals surface area (Å²) >= 11 is 0. The maximum Gasteiger partial charge on any atom is 0.325 e. The molecular weight excluding hydrogens is 200 g/mol. The molecular formula is C5H9FN3O3P. The van der Waals surface area contributed by atoms with Crippen LogP contribution in [0.15, 0.2) is 6.33 Å². The Morgan fingerprint density at radius 2 is 2.38 bits per heavy atom. The Labute approximate surface area is 73.4 Å². The molecule has 6 nitrogen and oxygen atoms in total. The van der Waals surface area contributed by atoms with Crippen LogP contribution in [0.25, 0.3) is 0 Å². The minimum atomic E-state index is -4.13. The second-order valence-corrected chi connectivity index (χ2v) is 4.28. The van der Waals surface area contributed by atoms with Gasteiger partial charge in [0, 0.05) is 0 Å². The van der Waals surface area contributed by atoms with E-state index in [9.17, 15) is 8.96 Å². The summed E-state index contributed by atoms with van der Waals surface area (Å²) in [5.74, 6) is -0.0755. The Balaban J connectivity index is 2.43. The van der Waals surface area contributed by atoms with E-state index in [1.165, 1.54) is 6.33 Å². The highest BCUT2D eigenvalue weighted by Gasteiger charge is 2.20. The van der Waals surface area contributed by atoms with Gasteiger partial charge in [-0.25, -0.2) is 9.37 Å². The monoisotopic (exact) mass is 209 g/mol. The fraction of sp³-hybridized carbons (Fsp3) is 0.600. The first kappa shape index (κ1) is 10.3. The van der Waals surface area contributed by atoms with Gasteiger partial charge in [-0.2, -0.15) is 5.10 Å². The quantitative estimate of drug-likeness (QED) is 0.622. The Morgan fingerprint density at radius 3 is 2.85 bits per heavy atom. The Bertz CT molecular complexity index is 298. The van der Waals surface area contributed by atoms with Crippen molar-refractivity contribution in [3.8, 4) is 0 Å². The molecule has 0 amide bonds. The molecule has 0 fully saturated rings. The van der Waals surface area contributed by atoms with Crippen LogP contribution in [0.1, 0.15) is 18.4 Å². The predicted molar refractivity (Wildman–Crippen MR) is 41.8 cm³/mol. The minimum Gasteiger partial charge on any atom is -0.324 e. The Morgan fingerprint density at radius 1 is 1.69 bits per heavy atom. The molecule has 0 aliphatic rings. The first-order chi connectivity index (χ1) is 5.99. The van der Waals surface area contributed by atoms with Gasteiger partial charge in [-0.1, -0.05) is 0 Å². The highest BCUT2D eigenvalue weighted by molar-refractivity contribution is 7.51. The SMILES string of the molecule is O=P(O)(O)CCC(F)c1nc[nH]n1. The second-order valence-electron chi connectivity index (χ2n) is 2.50. The van der Waals surface area contributed by atoms with E-state index in [0.717, 1.165) is 0 Å². The molecule has 0 radical (unpaired) electrons. The van der Waals surface area contributed by atoms with Crippen molar-refractivity contribution in [3.05, 3.63) is 12.2 Å². The molecule has 1 rings (SSSR count). The van der Waals surface area contributed by atoms with Crippen LogP contribution >= 0.6 is 7.60 Å². The number of aromatic nitrogens is 3. The van der Waals surface area contributed by atoms with Crippen LogP contribution in [-0.2, 0) is 4.57 Å². The lowest BCUT2D eigenvalue weighted by Crippen LogP contribution is -1.98. The summed E-state index contributed by atoms with van der Waals surface area (Å²) in [5.41, 5.74) is 0. The van der Waals surface area contributed by atoms with Gasteiger partial charge < -0.3 is 9.79 Å². The van der Waals surface area contributed by atoms with Crippen LogP contribution < -0.4 is 0 Å². The van der Waals surface area contributed by atoms with Crippen molar-refractivity contribution < 1.29 is 18.7 Å². The van der Waals surface area contributed by atoms with Crippen LogP contribution in [-0.4, -0.2) is 31.1 Å². The largest absolute Gasteiger partial charge is 0.325 e. The standard InChI is InChI=1S/C5H9FN3O3P/c6-4(1-2-13(10,11)12)5-7-3-8-9-5/h3-4H,1-2H2,(H,7,8,9)(H2,10,11,12). The van der Waals surface area contributed by atoms with E-state index < -0.39 is 19.9 Å². The summed E-state index contributed by atoms with van der Waals surface area (Å²) in [5, 5.41) is 5.77. The van der Waals surface area contributed by atoms with Gasteiger partial charge in [-0.3, -0.25) is 9.66 Å². The molecule has 1 atom stereocenters. The van der Waals surface area contributed by atoms with E-state index in [-0.39, 0.29) is 12.2 Å². The van der Waals surface area contributed by atoms with E-state index in [1.54, 1.807) is 0 Å². The zero-order valence-corrected chi connectivity index (χ0v) is 7.49. The van der Waals surface area contributed by atoms with Crippen LogP contribution in [0.3, 0.4) is 0 Å². The Hall–Kier alpha value is -0.780. The third kappa shape index (κ3) is 3.63. The predicted octanol–water partition coefficient (Wildman–Crippen LogP) is 0.383. The van der Waals surface area contributed by atoms with Crippen LogP contribution in [0.5, 0.6) is 0 Å². The molecule has 0 aliphatic carbocycles. The first-order valence-electron chi connectivity index (χ1n) is 3.53. The van der Waals surface area contributed by atoms with Gasteiger partial charge in [-0.05, 0) is 6.42 Å².